The Hall–Kier alpha value is -5.50. The number of piperidine rings is 1. The lowest BCUT2D eigenvalue weighted by atomic mass is 9.93. The number of alkyl halides is 3. The third-order valence-electron chi connectivity index (χ3n) is 10.6. The Bertz CT molecular complexity index is 2430. The molecule has 0 spiro atoms. The minimum Gasteiger partial charge on any atom is -0.334 e. The van der Waals surface area contributed by atoms with Gasteiger partial charge in [0.25, 0.3) is 0 Å². The third kappa shape index (κ3) is 6.14. The molecule has 5 aromatic rings. The number of imidazole rings is 1. The summed E-state index contributed by atoms with van der Waals surface area (Å²) in [6.45, 7) is 1.52. The van der Waals surface area contributed by atoms with E-state index in [4.69, 9.17) is 4.18 Å². The molecule has 1 N–H and O–H groups in total. The van der Waals surface area contributed by atoms with Crippen LogP contribution < -0.4 is 11.0 Å². The van der Waals surface area contributed by atoms with Gasteiger partial charge in [0.1, 0.15) is 5.69 Å². The number of carbonyl (C=O) groups excluding carboxylic acids is 1. The first-order chi connectivity index (χ1) is 25.1. The zero-order valence-corrected chi connectivity index (χ0v) is 29.7. The molecule has 2 bridgehead atoms. The zero-order valence-electron chi connectivity index (χ0n) is 28.9. The van der Waals surface area contributed by atoms with Gasteiger partial charge >= 0.3 is 28.0 Å². The molecule has 0 saturated carbocycles. The summed E-state index contributed by atoms with van der Waals surface area (Å²) in [5.74, 6) is 0. The molecule has 274 valence electrons. The Kier molecular flexibility index (Phi) is 8.71. The van der Waals surface area contributed by atoms with Crippen LogP contribution in [0.4, 0.5) is 18.0 Å². The van der Waals surface area contributed by atoms with Crippen molar-refractivity contribution in [2.24, 2.45) is 0 Å². The molecule has 0 unspecified atom stereocenters. The summed E-state index contributed by atoms with van der Waals surface area (Å²) >= 11 is 0. The lowest BCUT2D eigenvalue weighted by molar-refractivity contribution is -0.976. The predicted octanol–water partition coefficient (Wildman–Crippen LogP) is 5.75. The van der Waals surface area contributed by atoms with E-state index in [1.54, 1.807) is 48.5 Å². The fraction of sp³-hybridized carbons (Fsp3) is 0.297. The average Bonchev–Trinajstić information content (AvgIpc) is 3.71. The highest BCUT2D eigenvalue weighted by atomic mass is 32.2. The normalized spacial score (nSPS) is 20.9. The third-order valence-corrected chi connectivity index (χ3v) is 12.0. The Labute approximate surface area is 303 Å². The average molecular weight is 747 g/mol. The first-order valence-electron chi connectivity index (χ1n) is 16.8. The van der Waals surface area contributed by atoms with Gasteiger partial charge in [-0.1, -0.05) is 24.3 Å². The molecule has 2 aromatic heterocycles. The van der Waals surface area contributed by atoms with Crippen LogP contribution in [-0.4, -0.2) is 69.8 Å². The van der Waals surface area contributed by atoms with Gasteiger partial charge in [-0.15, -0.1) is 0 Å². The Morgan fingerprint density at radius 2 is 1.75 bits per heavy atom. The number of benzene rings is 3. The predicted molar refractivity (Wildman–Crippen MR) is 187 cm³/mol. The van der Waals surface area contributed by atoms with Crippen LogP contribution in [0.1, 0.15) is 42.5 Å². The van der Waals surface area contributed by atoms with Crippen molar-refractivity contribution < 1.29 is 35.0 Å². The molecular weight excluding hydrogens is 712 g/mol. The van der Waals surface area contributed by atoms with E-state index in [1.165, 1.54) is 42.1 Å². The van der Waals surface area contributed by atoms with Crippen molar-refractivity contribution in [3.63, 3.8) is 0 Å². The van der Waals surface area contributed by atoms with Crippen LogP contribution in [-0.2, 0) is 20.5 Å². The second-order valence-electron chi connectivity index (χ2n) is 13.8. The van der Waals surface area contributed by atoms with E-state index < -0.39 is 45.3 Å². The summed E-state index contributed by atoms with van der Waals surface area (Å²) in [5, 5.41) is 16.6. The van der Waals surface area contributed by atoms with Gasteiger partial charge in [-0.05, 0) is 67.6 Å². The molecule has 12 nitrogen and oxygen atoms in total. The highest BCUT2D eigenvalue weighted by molar-refractivity contribution is 7.86. The molecular formula is C37H35F3N7O5S+. The Balaban J connectivity index is 1.31. The minimum absolute atomic E-state index is 0.00506. The van der Waals surface area contributed by atoms with Gasteiger partial charge in [0.05, 0.1) is 77.6 Å². The maximum Gasteiger partial charge on any atom is 0.416 e. The molecule has 3 aromatic carbocycles. The SMILES string of the molecule is Cc1c(-c2ccnn2-c2ccc(C#N)cc2)n(C(=O)N[C@@H]2C[C@H]3CC[C@](OS(=O)(=O)c4ccccc4)(C2)[N+]3(C)C)c(=O)n1-c1cccc(C(F)(F)F)c1. The van der Waals surface area contributed by atoms with Gasteiger partial charge < -0.3 is 5.32 Å². The van der Waals surface area contributed by atoms with Crippen molar-refractivity contribution in [3.8, 4) is 28.8 Å². The number of nitrogens with zero attached hydrogens (tertiary/aromatic N) is 6. The number of hydrogen-bond donors (Lipinski definition) is 1. The summed E-state index contributed by atoms with van der Waals surface area (Å²) < 4.78 is 78.1. The standard InChI is InChI=1S/C37H34F3N7O5S/c1-24-33(32-17-19-42-46(32)28-14-12-25(23-41)13-15-28)45(35(49)44(24)29-9-7-8-26(20-29)37(38,39)40)34(48)43-27-21-30-16-18-36(22-27,47(30,2)3)52-53(50,51)31-10-5-4-6-11-31/h4-15,17,19-20,27,30H,16,18,21-22H2,1-3H3/p+1/t27-,30-,36+/m1/s1. The molecule has 2 fully saturated rings. The van der Waals surface area contributed by atoms with Crippen LogP contribution in [0.5, 0.6) is 0 Å². The van der Waals surface area contributed by atoms with E-state index in [2.05, 4.69) is 10.4 Å². The number of nitrogens with one attached hydrogen (secondary N) is 1. The Morgan fingerprint density at radius 1 is 1.04 bits per heavy atom. The van der Waals surface area contributed by atoms with Crippen LogP contribution in [0.2, 0.25) is 0 Å². The van der Waals surface area contributed by atoms with Crippen molar-refractivity contribution in [2.75, 3.05) is 14.1 Å². The van der Waals surface area contributed by atoms with Gasteiger partial charge in [-0.3, -0.25) is 9.05 Å². The van der Waals surface area contributed by atoms with Crippen LogP contribution in [0, 0.1) is 18.3 Å². The molecule has 2 aliphatic rings. The second kappa shape index (κ2) is 12.9. The number of rotatable bonds is 7. The molecule has 1 amide bonds. The number of fused-ring (bicyclic) bond motifs is 2. The number of halogens is 3. The van der Waals surface area contributed by atoms with Crippen molar-refractivity contribution in [3.05, 3.63) is 118 Å². The molecule has 0 aliphatic carbocycles. The van der Waals surface area contributed by atoms with E-state index >= 15 is 0 Å². The van der Waals surface area contributed by atoms with Gasteiger partial charge in [0.15, 0.2) is 0 Å². The molecule has 53 heavy (non-hydrogen) atoms. The number of aromatic nitrogens is 4. The highest BCUT2D eigenvalue weighted by Gasteiger charge is 2.63. The molecule has 16 heteroatoms. The maximum atomic E-state index is 14.4. The first kappa shape index (κ1) is 35.9. The lowest BCUT2D eigenvalue weighted by Crippen LogP contribution is -2.67. The summed E-state index contributed by atoms with van der Waals surface area (Å²) in [7, 11) is -0.390. The second-order valence-corrected chi connectivity index (χ2v) is 15.4. The quantitative estimate of drug-likeness (QED) is 0.165. The Morgan fingerprint density at radius 3 is 2.43 bits per heavy atom. The molecule has 4 heterocycles. The van der Waals surface area contributed by atoms with Gasteiger partial charge in [-0.25, -0.2) is 23.0 Å². The molecule has 0 radical (unpaired) electrons. The molecule has 2 saturated heterocycles. The summed E-state index contributed by atoms with van der Waals surface area (Å²) in [6, 6.07) is 20.5. The molecule has 3 atom stereocenters. The van der Waals surface area contributed by atoms with E-state index in [0.717, 1.165) is 21.3 Å². The number of nitriles is 1. The summed E-state index contributed by atoms with van der Waals surface area (Å²) in [6.07, 6.45) is -1.64. The lowest BCUT2D eigenvalue weighted by Gasteiger charge is -2.50. The van der Waals surface area contributed by atoms with Crippen LogP contribution in [0.25, 0.3) is 22.8 Å². The minimum atomic E-state index is -4.69. The molecule has 2 aliphatic heterocycles. The highest BCUT2D eigenvalue weighted by Crippen LogP contribution is 2.50. The van der Waals surface area contributed by atoms with Crippen LogP contribution >= 0.6 is 0 Å². The van der Waals surface area contributed by atoms with E-state index in [1.807, 2.05) is 20.2 Å². The monoisotopic (exact) mass is 746 g/mol. The van der Waals surface area contributed by atoms with Crippen LogP contribution in [0.3, 0.4) is 0 Å². The van der Waals surface area contributed by atoms with E-state index in [-0.39, 0.29) is 44.6 Å². The fourth-order valence-corrected chi connectivity index (χ4v) is 9.14. The number of amides is 1. The summed E-state index contributed by atoms with van der Waals surface area (Å²) in [4.78, 5) is 28.8. The zero-order chi connectivity index (χ0) is 37.9. The largest absolute Gasteiger partial charge is 0.416 e. The number of carbonyl (C=O) groups is 1. The van der Waals surface area contributed by atoms with Gasteiger partial charge in [-0.2, -0.15) is 31.9 Å². The van der Waals surface area contributed by atoms with Crippen molar-refractivity contribution in [1.29, 1.82) is 5.26 Å². The van der Waals surface area contributed by atoms with Gasteiger partial charge in [0, 0.05) is 25.3 Å². The first-order valence-corrected chi connectivity index (χ1v) is 18.2. The smallest absolute Gasteiger partial charge is 0.334 e. The van der Waals surface area contributed by atoms with Crippen molar-refractivity contribution in [1.82, 2.24) is 24.2 Å². The fourth-order valence-electron chi connectivity index (χ4n) is 7.80. The maximum absolute atomic E-state index is 14.4. The van der Waals surface area contributed by atoms with Crippen molar-refractivity contribution in [2.45, 2.75) is 61.5 Å². The van der Waals surface area contributed by atoms with E-state index in [9.17, 15) is 36.4 Å². The topological polar surface area (TPSA) is 141 Å². The van der Waals surface area contributed by atoms with Crippen molar-refractivity contribution >= 4 is 16.1 Å². The number of hydrogen-bond acceptors (Lipinski definition) is 7. The van der Waals surface area contributed by atoms with Crippen LogP contribution in [0.15, 0.2) is 101 Å². The van der Waals surface area contributed by atoms with Gasteiger partial charge in [0.2, 0.25) is 5.72 Å². The summed E-state index contributed by atoms with van der Waals surface area (Å²) in [5.41, 5.74) is -1.82. The van der Waals surface area contributed by atoms with E-state index in [0.29, 0.717) is 30.5 Å². The number of quaternary nitrogens is 1. The molecule has 7 rings (SSSR count).